The zero-order chi connectivity index (χ0) is 18.4. The predicted octanol–water partition coefficient (Wildman–Crippen LogP) is 2.79. The summed E-state index contributed by atoms with van der Waals surface area (Å²) in [6.07, 6.45) is 5.55. The number of anilines is 1. The van der Waals surface area contributed by atoms with E-state index in [1.807, 2.05) is 18.2 Å². The molecule has 7 heteroatoms. The molecule has 2 N–H and O–H groups in total. The van der Waals surface area contributed by atoms with Crippen molar-refractivity contribution >= 4 is 38.5 Å². The van der Waals surface area contributed by atoms with Gasteiger partial charge in [0.1, 0.15) is 0 Å². The summed E-state index contributed by atoms with van der Waals surface area (Å²) in [5.41, 5.74) is 1.80. The summed E-state index contributed by atoms with van der Waals surface area (Å²) in [5.74, 6) is -0.0844. The second-order valence-corrected chi connectivity index (χ2v) is 7.82. The number of benzene rings is 1. The van der Waals surface area contributed by atoms with Gasteiger partial charge in [0.2, 0.25) is 11.8 Å². The zero-order valence-electron chi connectivity index (χ0n) is 15.2. The van der Waals surface area contributed by atoms with Gasteiger partial charge in [0.05, 0.1) is 16.6 Å². The first-order valence-corrected chi connectivity index (χ1v) is 10.1. The third kappa shape index (κ3) is 5.51. The fraction of sp³-hybridized carbons (Fsp3) is 0.526. The first-order chi connectivity index (χ1) is 12.6. The Bertz CT molecular complexity index is 766. The molecule has 0 radical (unpaired) electrons. The van der Waals surface area contributed by atoms with Gasteiger partial charge in [-0.2, -0.15) is 0 Å². The van der Waals surface area contributed by atoms with Crippen LogP contribution in [0.4, 0.5) is 5.13 Å². The van der Waals surface area contributed by atoms with Gasteiger partial charge in [-0.25, -0.2) is 4.98 Å². The first kappa shape index (κ1) is 18.8. The molecule has 2 amide bonds. The molecule has 6 nitrogen and oxygen atoms in total. The van der Waals surface area contributed by atoms with Crippen LogP contribution in [0.3, 0.4) is 0 Å². The summed E-state index contributed by atoms with van der Waals surface area (Å²) >= 11 is 1.42. The van der Waals surface area contributed by atoms with Crippen molar-refractivity contribution in [3.05, 3.63) is 23.8 Å². The molecule has 2 heterocycles. The third-order valence-corrected chi connectivity index (χ3v) is 5.48. The molecule has 26 heavy (non-hydrogen) atoms. The van der Waals surface area contributed by atoms with E-state index in [0.717, 1.165) is 35.4 Å². The van der Waals surface area contributed by atoms with E-state index in [1.165, 1.54) is 43.9 Å². The minimum atomic E-state index is -0.131. The SMILES string of the molecule is CC(=O)Nc1nc2ccc(CC(=O)NCCN3CCCCCC3)cc2s1. The van der Waals surface area contributed by atoms with E-state index in [4.69, 9.17) is 0 Å². The van der Waals surface area contributed by atoms with Gasteiger partial charge in [0.15, 0.2) is 5.13 Å². The van der Waals surface area contributed by atoms with Crippen LogP contribution in [0.5, 0.6) is 0 Å². The zero-order valence-corrected chi connectivity index (χ0v) is 16.0. The fourth-order valence-electron chi connectivity index (χ4n) is 3.24. The molecule has 0 saturated carbocycles. The monoisotopic (exact) mass is 374 g/mol. The van der Waals surface area contributed by atoms with E-state index >= 15 is 0 Å². The Morgan fingerprint density at radius 3 is 2.69 bits per heavy atom. The van der Waals surface area contributed by atoms with Crippen molar-refractivity contribution in [3.63, 3.8) is 0 Å². The van der Waals surface area contributed by atoms with Gasteiger partial charge in [-0.05, 0) is 43.6 Å². The molecule has 1 aromatic carbocycles. The molecular weight excluding hydrogens is 348 g/mol. The smallest absolute Gasteiger partial charge is 0.224 e. The summed E-state index contributed by atoms with van der Waals surface area (Å²) < 4.78 is 0.976. The van der Waals surface area contributed by atoms with Gasteiger partial charge in [0, 0.05) is 20.0 Å². The molecule has 0 spiro atoms. The van der Waals surface area contributed by atoms with E-state index in [0.29, 0.717) is 18.1 Å². The molecule has 0 aliphatic carbocycles. The van der Waals surface area contributed by atoms with Crippen molar-refractivity contribution in [2.75, 3.05) is 31.5 Å². The number of fused-ring (bicyclic) bond motifs is 1. The highest BCUT2D eigenvalue weighted by molar-refractivity contribution is 7.22. The quantitative estimate of drug-likeness (QED) is 0.815. The van der Waals surface area contributed by atoms with Gasteiger partial charge in [-0.1, -0.05) is 30.2 Å². The molecule has 0 bridgehead atoms. The molecule has 2 aromatic rings. The van der Waals surface area contributed by atoms with Crippen LogP contribution in [0, 0.1) is 0 Å². The average molecular weight is 375 g/mol. The molecule has 1 saturated heterocycles. The molecule has 3 rings (SSSR count). The Labute approximate surface area is 158 Å². The van der Waals surface area contributed by atoms with E-state index in [1.54, 1.807) is 0 Å². The number of rotatable bonds is 6. The fourth-order valence-corrected chi connectivity index (χ4v) is 4.22. The standard InChI is InChI=1S/C19H26N4O2S/c1-14(24)21-19-22-16-7-6-15(12-17(16)26-19)13-18(25)20-8-11-23-9-4-2-3-5-10-23/h6-7,12H,2-5,8-11,13H2,1H3,(H,20,25)(H,21,22,24). The number of carbonyl (C=O) groups is 2. The molecule has 0 atom stereocenters. The number of carbonyl (C=O) groups excluding carboxylic acids is 2. The lowest BCUT2D eigenvalue weighted by Gasteiger charge is -2.19. The predicted molar refractivity (Wildman–Crippen MR) is 106 cm³/mol. The van der Waals surface area contributed by atoms with Gasteiger partial charge >= 0.3 is 0 Å². The number of hydrogen-bond donors (Lipinski definition) is 2. The van der Waals surface area contributed by atoms with Crippen LogP contribution in [-0.2, 0) is 16.0 Å². The molecule has 140 valence electrons. The molecule has 1 aliphatic heterocycles. The van der Waals surface area contributed by atoms with Crippen molar-refractivity contribution in [1.82, 2.24) is 15.2 Å². The number of hydrogen-bond acceptors (Lipinski definition) is 5. The number of nitrogens with one attached hydrogen (secondary N) is 2. The normalized spacial score (nSPS) is 15.6. The van der Waals surface area contributed by atoms with Crippen LogP contribution in [-0.4, -0.2) is 47.9 Å². The van der Waals surface area contributed by atoms with Crippen LogP contribution < -0.4 is 10.6 Å². The second kappa shape index (κ2) is 9.09. The Hall–Kier alpha value is -1.99. The minimum absolute atomic E-state index is 0.0470. The minimum Gasteiger partial charge on any atom is -0.355 e. The lowest BCUT2D eigenvalue weighted by Crippen LogP contribution is -2.36. The highest BCUT2D eigenvalue weighted by Crippen LogP contribution is 2.26. The molecule has 1 aliphatic rings. The number of amides is 2. The Morgan fingerprint density at radius 2 is 1.96 bits per heavy atom. The summed E-state index contributed by atoms with van der Waals surface area (Å²) in [4.78, 5) is 30.2. The van der Waals surface area contributed by atoms with Crippen LogP contribution in [0.2, 0.25) is 0 Å². The Balaban J connectivity index is 1.49. The van der Waals surface area contributed by atoms with Crippen molar-refractivity contribution < 1.29 is 9.59 Å². The van der Waals surface area contributed by atoms with E-state index in [-0.39, 0.29) is 11.8 Å². The Kier molecular flexibility index (Phi) is 6.57. The van der Waals surface area contributed by atoms with Crippen molar-refractivity contribution in [2.24, 2.45) is 0 Å². The molecular formula is C19H26N4O2S. The van der Waals surface area contributed by atoms with Crippen LogP contribution in [0.15, 0.2) is 18.2 Å². The lowest BCUT2D eigenvalue weighted by atomic mass is 10.1. The second-order valence-electron chi connectivity index (χ2n) is 6.78. The van der Waals surface area contributed by atoms with E-state index < -0.39 is 0 Å². The summed E-state index contributed by atoms with van der Waals surface area (Å²) in [6.45, 7) is 5.39. The van der Waals surface area contributed by atoms with E-state index in [2.05, 4.69) is 20.5 Å². The number of nitrogens with zero attached hydrogens (tertiary/aromatic N) is 2. The maximum absolute atomic E-state index is 12.2. The van der Waals surface area contributed by atoms with Gasteiger partial charge in [-0.15, -0.1) is 0 Å². The van der Waals surface area contributed by atoms with Gasteiger partial charge in [-0.3, -0.25) is 9.59 Å². The maximum atomic E-state index is 12.2. The highest BCUT2D eigenvalue weighted by atomic mass is 32.1. The maximum Gasteiger partial charge on any atom is 0.224 e. The van der Waals surface area contributed by atoms with E-state index in [9.17, 15) is 9.59 Å². The summed E-state index contributed by atoms with van der Waals surface area (Å²) in [7, 11) is 0. The topological polar surface area (TPSA) is 74.3 Å². The lowest BCUT2D eigenvalue weighted by molar-refractivity contribution is -0.120. The molecule has 0 unspecified atom stereocenters. The number of likely N-dealkylation sites (tertiary alicyclic amines) is 1. The highest BCUT2D eigenvalue weighted by Gasteiger charge is 2.11. The van der Waals surface area contributed by atoms with Crippen molar-refractivity contribution in [3.8, 4) is 0 Å². The largest absolute Gasteiger partial charge is 0.355 e. The summed E-state index contributed by atoms with van der Waals surface area (Å²) in [6, 6.07) is 5.80. The van der Waals surface area contributed by atoms with Crippen LogP contribution in [0.1, 0.15) is 38.2 Å². The molecule has 1 aromatic heterocycles. The van der Waals surface area contributed by atoms with Crippen molar-refractivity contribution in [1.29, 1.82) is 0 Å². The number of thiazole rings is 1. The first-order valence-electron chi connectivity index (χ1n) is 9.26. The Morgan fingerprint density at radius 1 is 1.19 bits per heavy atom. The van der Waals surface area contributed by atoms with Gasteiger partial charge < -0.3 is 15.5 Å². The van der Waals surface area contributed by atoms with Gasteiger partial charge in [0.25, 0.3) is 0 Å². The summed E-state index contributed by atoms with van der Waals surface area (Å²) in [5, 5.41) is 6.32. The number of aromatic nitrogens is 1. The van der Waals surface area contributed by atoms with Crippen LogP contribution in [0.25, 0.3) is 10.2 Å². The molecule has 1 fully saturated rings. The average Bonchev–Trinajstić information content (AvgIpc) is 2.79. The van der Waals surface area contributed by atoms with Crippen LogP contribution >= 0.6 is 11.3 Å². The third-order valence-electron chi connectivity index (χ3n) is 4.55. The van der Waals surface area contributed by atoms with Crippen molar-refractivity contribution in [2.45, 2.75) is 39.0 Å².